The molecular weight excluding hydrogens is 376 g/mol. The van der Waals surface area contributed by atoms with Crippen molar-refractivity contribution in [1.29, 1.82) is 0 Å². The highest BCUT2D eigenvalue weighted by atomic mass is 16.5. The number of hydrogen-bond donors (Lipinski definition) is 1. The van der Waals surface area contributed by atoms with Crippen molar-refractivity contribution in [2.45, 2.75) is 13.5 Å². The molecule has 0 atom stereocenters. The summed E-state index contributed by atoms with van der Waals surface area (Å²) >= 11 is 0. The SMILES string of the molecule is COc1ccc(N(Cc2cc(=O)[nH]c3ccccc23)C(=O)c2ccc(C)cc2)cc1. The topological polar surface area (TPSA) is 62.4 Å². The number of H-pyrrole nitrogens is 1. The molecule has 5 nitrogen and oxygen atoms in total. The standard InChI is InChI=1S/C25H22N2O3/c1-17-7-9-18(10-8-17)25(29)27(20-11-13-21(30-2)14-12-20)16-19-15-24(28)26-23-6-4-3-5-22(19)23/h3-15H,16H2,1-2H3,(H,26,28). The van der Waals surface area contributed by atoms with Gasteiger partial charge in [-0.15, -0.1) is 0 Å². The lowest BCUT2D eigenvalue weighted by Crippen LogP contribution is -2.31. The number of anilines is 1. The van der Waals surface area contributed by atoms with Crippen molar-refractivity contribution in [2.75, 3.05) is 12.0 Å². The summed E-state index contributed by atoms with van der Waals surface area (Å²) in [4.78, 5) is 30.2. The van der Waals surface area contributed by atoms with Crippen LogP contribution in [0, 0.1) is 6.92 Å². The van der Waals surface area contributed by atoms with Crippen molar-refractivity contribution in [2.24, 2.45) is 0 Å². The summed E-state index contributed by atoms with van der Waals surface area (Å²) in [6, 6.07) is 24.0. The van der Waals surface area contributed by atoms with Gasteiger partial charge in [0.05, 0.1) is 13.7 Å². The van der Waals surface area contributed by atoms with E-state index < -0.39 is 0 Å². The van der Waals surface area contributed by atoms with E-state index in [9.17, 15) is 9.59 Å². The van der Waals surface area contributed by atoms with E-state index in [1.165, 1.54) is 0 Å². The van der Waals surface area contributed by atoms with Gasteiger partial charge in [-0.25, -0.2) is 0 Å². The minimum atomic E-state index is -0.193. The Bertz CT molecular complexity index is 1240. The van der Waals surface area contributed by atoms with Crippen LogP contribution in [0.1, 0.15) is 21.5 Å². The number of methoxy groups -OCH3 is 1. The predicted molar refractivity (Wildman–Crippen MR) is 119 cm³/mol. The van der Waals surface area contributed by atoms with Crippen LogP contribution in [0.3, 0.4) is 0 Å². The fraction of sp³-hybridized carbons (Fsp3) is 0.120. The smallest absolute Gasteiger partial charge is 0.258 e. The van der Waals surface area contributed by atoms with E-state index in [0.717, 1.165) is 27.7 Å². The first-order valence-corrected chi connectivity index (χ1v) is 9.69. The maximum absolute atomic E-state index is 13.4. The van der Waals surface area contributed by atoms with Crippen LogP contribution in [0.15, 0.2) is 83.7 Å². The lowest BCUT2D eigenvalue weighted by molar-refractivity contribution is 0.0985. The third kappa shape index (κ3) is 3.96. The fourth-order valence-electron chi connectivity index (χ4n) is 3.47. The van der Waals surface area contributed by atoms with Crippen LogP contribution in [0.2, 0.25) is 0 Å². The van der Waals surface area contributed by atoms with Gasteiger partial charge < -0.3 is 14.6 Å². The minimum absolute atomic E-state index is 0.135. The second kappa shape index (κ2) is 8.25. The summed E-state index contributed by atoms with van der Waals surface area (Å²) in [5.41, 5.74) is 3.74. The molecular formula is C25H22N2O3. The molecule has 1 heterocycles. The van der Waals surface area contributed by atoms with E-state index in [1.807, 2.05) is 79.7 Å². The van der Waals surface area contributed by atoms with E-state index in [1.54, 1.807) is 18.1 Å². The van der Waals surface area contributed by atoms with Gasteiger partial charge in [0, 0.05) is 28.2 Å². The Balaban J connectivity index is 1.80. The Hall–Kier alpha value is -3.86. The van der Waals surface area contributed by atoms with Gasteiger partial charge in [-0.2, -0.15) is 0 Å². The maximum Gasteiger partial charge on any atom is 0.258 e. The molecule has 30 heavy (non-hydrogen) atoms. The first-order valence-electron chi connectivity index (χ1n) is 9.69. The highest BCUT2D eigenvalue weighted by Crippen LogP contribution is 2.25. The second-order valence-corrected chi connectivity index (χ2v) is 7.16. The molecule has 0 unspecified atom stereocenters. The Kier molecular flexibility index (Phi) is 5.35. The molecule has 4 aromatic rings. The molecule has 0 bridgehead atoms. The number of benzene rings is 3. The zero-order valence-electron chi connectivity index (χ0n) is 16.9. The number of aromatic nitrogens is 1. The molecule has 0 saturated carbocycles. The average molecular weight is 398 g/mol. The number of nitrogens with one attached hydrogen (secondary N) is 1. The largest absolute Gasteiger partial charge is 0.497 e. The lowest BCUT2D eigenvalue weighted by atomic mass is 10.1. The lowest BCUT2D eigenvalue weighted by Gasteiger charge is -2.24. The summed E-state index contributed by atoms with van der Waals surface area (Å²) in [6.07, 6.45) is 0. The van der Waals surface area contributed by atoms with E-state index in [4.69, 9.17) is 4.74 Å². The van der Waals surface area contributed by atoms with Crippen LogP contribution in [-0.2, 0) is 6.54 Å². The third-order valence-electron chi connectivity index (χ3n) is 5.09. The summed E-state index contributed by atoms with van der Waals surface area (Å²) in [5.74, 6) is 0.576. The van der Waals surface area contributed by atoms with E-state index in [0.29, 0.717) is 11.3 Å². The zero-order valence-corrected chi connectivity index (χ0v) is 16.9. The van der Waals surface area contributed by atoms with E-state index in [-0.39, 0.29) is 18.0 Å². The van der Waals surface area contributed by atoms with Gasteiger partial charge in [-0.1, -0.05) is 35.9 Å². The van der Waals surface area contributed by atoms with Crippen molar-refractivity contribution in [3.05, 3.63) is 106 Å². The molecule has 0 radical (unpaired) electrons. The number of aryl methyl sites for hydroxylation is 1. The summed E-state index contributed by atoms with van der Waals surface area (Å²) < 4.78 is 5.25. The first kappa shape index (κ1) is 19.5. The maximum atomic E-state index is 13.4. The van der Waals surface area contributed by atoms with Gasteiger partial charge >= 0.3 is 0 Å². The highest BCUT2D eigenvalue weighted by Gasteiger charge is 2.20. The van der Waals surface area contributed by atoms with E-state index >= 15 is 0 Å². The molecule has 3 aromatic carbocycles. The van der Waals surface area contributed by atoms with E-state index in [2.05, 4.69) is 4.98 Å². The summed E-state index contributed by atoms with van der Waals surface area (Å²) in [5, 5.41) is 0.910. The van der Waals surface area contributed by atoms with Crippen LogP contribution >= 0.6 is 0 Å². The van der Waals surface area contributed by atoms with Gasteiger partial charge in [-0.05, 0) is 55.0 Å². The average Bonchev–Trinajstić information content (AvgIpc) is 2.77. The van der Waals surface area contributed by atoms with Crippen molar-refractivity contribution >= 4 is 22.5 Å². The highest BCUT2D eigenvalue weighted by molar-refractivity contribution is 6.06. The molecule has 0 aliphatic carbocycles. The van der Waals surface area contributed by atoms with Crippen molar-refractivity contribution in [3.63, 3.8) is 0 Å². The number of ether oxygens (including phenoxy) is 1. The van der Waals surface area contributed by atoms with Crippen molar-refractivity contribution in [3.8, 4) is 5.75 Å². The molecule has 150 valence electrons. The van der Waals surface area contributed by atoms with Crippen molar-refractivity contribution in [1.82, 2.24) is 4.98 Å². The number of pyridine rings is 1. The van der Waals surface area contributed by atoms with Crippen LogP contribution in [-0.4, -0.2) is 18.0 Å². The number of carbonyl (C=O) groups excluding carboxylic acids is 1. The number of aromatic amines is 1. The van der Waals surface area contributed by atoms with Gasteiger partial charge in [0.1, 0.15) is 5.75 Å². The van der Waals surface area contributed by atoms with Gasteiger partial charge in [0.25, 0.3) is 5.91 Å². The Labute approximate surface area is 174 Å². The molecule has 5 heteroatoms. The first-order chi connectivity index (χ1) is 14.5. The number of fused-ring (bicyclic) bond motifs is 1. The van der Waals surface area contributed by atoms with Crippen LogP contribution in [0.5, 0.6) is 5.75 Å². The molecule has 1 N–H and O–H groups in total. The monoisotopic (exact) mass is 398 g/mol. The van der Waals surface area contributed by atoms with Crippen molar-refractivity contribution < 1.29 is 9.53 Å². The Morgan fingerprint density at radius 3 is 2.37 bits per heavy atom. The summed E-state index contributed by atoms with van der Waals surface area (Å²) in [7, 11) is 1.60. The number of rotatable bonds is 5. The van der Waals surface area contributed by atoms with Gasteiger partial charge in [0.15, 0.2) is 0 Å². The zero-order chi connectivity index (χ0) is 21.1. The number of amides is 1. The second-order valence-electron chi connectivity index (χ2n) is 7.16. The van der Waals surface area contributed by atoms with Crippen LogP contribution in [0.4, 0.5) is 5.69 Å². The Morgan fingerprint density at radius 2 is 1.67 bits per heavy atom. The normalized spacial score (nSPS) is 10.7. The number of nitrogens with zero attached hydrogens (tertiary/aromatic N) is 1. The van der Waals surface area contributed by atoms with Crippen LogP contribution < -0.4 is 15.2 Å². The van der Waals surface area contributed by atoms with Crippen LogP contribution in [0.25, 0.3) is 10.9 Å². The molecule has 0 spiro atoms. The number of carbonyl (C=O) groups is 1. The molecule has 1 aromatic heterocycles. The molecule has 0 aliphatic heterocycles. The minimum Gasteiger partial charge on any atom is -0.497 e. The predicted octanol–water partition coefficient (Wildman–Crippen LogP) is 4.69. The fourth-order valence-corrected chi connectivity index (χ4v) is 3.47. The Morgan fingerprint density at radius 1 is 0.967 bits per heavy atom. The quantitative estimate of drug-likeness (QED) is 0.530. The molecule has 0 saturated heterocycles. The third-order valence-corrected chi connectivity index (χ3v) is 5.09. The number of para-hydroxylation sites is 1. The number of hydrogen-bond acceptors (Lipinski definition) is 3. The van der Waals surface area contributed by atoms with Gasteiger partial charge in [-0.3, -0.25) is 9.59 Å². The molecule has 1 amide bonds. The van der Waals surface area contributed by atoms with Gasteiger partial charge in [0.2, 0.25) is 5.56 Å². The molecule has 0 aliphatic rings. The summed E-state index contributed by atoms with van der Waals surface area (Å²) in [6.45, 7) is 2.25. The molecule has 4 rings (SSSR count). The molecule has 0 fully saturated rings.